The Bertz CT molecular complexity index is 1010. The Labute approximate surface area is 185 Å². The van der Waals surface area contributed by atoms with Gasteiger partial charge >= 0.3 is 0 Å². The molecule has 4 unspecified atom stereocenters. The van der Waals surface area contributed by atoms with Gasteiger partial charge in [-0.25, -0.2) is 0 Å². The molecule has 0 heterocycles. The Morgan fingerprint density at radius 1 is 0.774 bits per heavy atom. The predicted molar refractivity (Wildman–Crippen MR) is 123 cm³/mol. The Morgan fingerprint density at radius 2 is 1.29 bits per heavy atom. The summed E-state index contributed by atoms with van der Waals surface area (Å²) >= 11 is 0. The molecule has 0 saturated carbocycles. The Morgan fingerprint density at radius 3 is 1.81 bits per heavy atom. The quantitative estimate of drug-likeness (QED) is 0.421. The third kappa shape index (κ3) is 2.60. The summed E-state index contributed by atoms with van der Waals surface area (Å²) in [4.78, 5) is 0. The van der Waals surface area contributed by atoms with Crippen molar-refractivity contribution in [1.29, 1.82) is 0 Å². The highest BCUT2D eigenvalue weighted by atomic mass is 16.3. The second-order valence-electron chi connectivity index (χ2n) is 10.3. The van der Waals surface area contributed by atoms with E-state index in [-0.39, 0.29) is 39.7 Å². The molecule has 0 radical (unpaired) electrons. The first-order valence-electron chi connectivity index (χ1n) is 11.7. The molecule has 4 heteroatoms. The van der Waals surface area contributed by atoms with E-state index in [4.69, 9.17) is 0 Å². The monoisotopic (exact) mass is 424 g/mol. The van der Waals surface area contributed by atoms with Crippen LogP contribution in [0, 0.1) is 5.92 Å². The van der Waals surface area contributed by atoms with Crippen LogP contribution < -0.4 is 0 Å². The zero-order chi connectivity index (χ0) is 22.8. The largest absolute Gasteiger partial charge is 0.504 e. The van der Waals surface area contributed by atoms with Crippen molar-refractivity contribution in [2.45, 2.75) is 89.4 Å². The molecule has 2 aromatic carbocycles. The van der Waals surface area contributed by atoms with Gasteiger partial charge in [-0.05, 0) is 59.3 Å². The van der Waals surface area contributed by atoms with Crippen molar-refractivity contribution >= 4 is 0 Å². The van der Waals surface area contributed by atoms with Crippen molar-refractivity contribution in [1.82, 2.24) is 0 Å². The van der Waals surface area contributed by atoms with Crippen LogP contribution in [-0.4, -0.2) is 20.4 Å². The molecule has 2 aliphatic rings. The van der Waals surface area contributed by atoms with Gasteiger partial charge in [-0.3, -0.25) is 0 Å². The molecule has 0 saturated heterocycles. The first-order valence-corrected chi connectivity index (χ1v) is 11.7. The normalized spacial score (nSPS) is 31.2. The predicted octanol–water partition coefficient (Wildman–Crippen LogP) is 6.35. The van der Waals surface area contributed by atoms with Gasteiger partial charge in [-0.15, -0.1) is 0 Å². The molecule has 0 amide bonds. The average Bonchev–Trinajstić information content (AvgIpc) is 3.08. The van der Waals surface area contributed by atoms with Gasteiger partial charge in [-0.1, -0.05) is 66.0 Å². The van der Waals surface area contributed by atoms with Crippen molar-refractivity contribution in [2.24, 2.45) is 5.92 Å². The molecule has 31 heavy (non-hydrogen) atoms. The molecule has 1 spiro atoms. The molecule has 4 atom stereocenters. The van der Waals surface area contributed by atoms with Gasteiger partial charge in [0.1, 0.15) is 0 Å². The van der Waals surface area contributed by atoms with E-state index in [1.54, 1.807) is 12.1 Å². The van der Waals surface area contributed by atoms with Crippen molar-refractivity contribution in [3.05, 3.63) is 46.5 Å². The molecular weight excluding hydrogens is 388 g/mol. The molecule has 4 nitrogen and oxygen atoms in total. The van der Waals surface area contributed by atoms with E-state index in [0.29, 0.717) is 0 Å². The van der Waals surface area contributed by atoms with Crippen LogP contribution in [0.4, 0.5) is 0 Å². The first-order chi connectivity index (χ1) is 14.6. The molecule has 4 N–H and O–H groups in total. The number of benzene rings is 2. The smallest absolute Gasteiger partial charge is 0.161 e. The topological polar surface area (TPSA) is 80.9 Å². The highest BCUT2D eigenvalue weighted by Crippen LogP contribution is 2.71. The van der Waals surface area contributed by atoms with Gasteiger partial charge in [-0.2, -0.15) is 0 Å². The third-order valence-electron chi connectivity index (χ3n) is 8.48. The Hall–Kier alpha value is -2.36. The fourth-order valence-corrected chi connectivity index (χ4v) is 7.66. The fourth-order valence-electron chi connectivity index (χ4n) is 7.66. The summed E-state index contributed by atoms with van der Waals surface area (Å²) in [6, 6.07) is 7.10. The van der Waals surface area contributed by atoms with E-state index in [1.165, 1.54) is 0 Å². The Balaban J connectivity index is 2.17. The summed E-state index contributed by atoms with van der Waals surface area (Å²) in [5.74, 6) is -0.291. The fraction of sp³-hybridized carbons (Fsp3) is 0.556. The second kappa shape index (κ2) is 7.08. The Kier molecular flexibility index (Phi) is 4.99. The van der Waals surface area contributed by atoms with Crippen LogP contribution in [0.1, 0.15) is 95.4 Å². The van der Waals surface area contributed by atoms with Crippen molar-refractivity contribution in [3.8, 4) is 23.0 Å². The second-order valence-corrected chi connectivity index (χ2v) is 10.3. The van der Waals surface area contributed by atoms with Gasteiger partial charge in [0.15, 0.2) is 23.0 Å². The minimum absolute atomic E-state index is 0.0785. The molecule has 0 fully saturated rings. The van der Waals surface area contributed by atoms with E-state index in [9.17, 15) is 20.4 Å². The van der Waals surface area contributed by atoms with E-state index in [1.807, 2.05) is 12.1 Å². The van der Waals surface area contributed by atoms with Gasteiger partial charge in [0, 0.05) is 16.5 Å². The number of aromatic hydroxyl groups is 4. The summed E-state index contributed by atoms with van der Waals surface area (Å²) < 4.78 is 0. The zero-order valence-electron chi connectivity index (χ0n) is 19.4. The number of phenols is 4. The molecular formula is C27H36O4. The van der Waals surface area contributed by atoms with Crippen LogP contribution in [0.15, 0.2) is 24.3 Å². The van der Waals surface area contributed by atoms with Crippen LogP contribution in [0.5, 0.6) is 23.0 Å². The van der Waals surface area contributed by atoms with Crippen molar-refractivity contribution < 1.29 is 20.4 Å². The summed E-state index contributed by atoms with van der Waals surface area (Å²) in [7, 11) is 0. The van der Waals surface area contributed by atoms with E-state index in [0.717, 1.165) is 60.8 Å². The number of hydrogen-bond donors (Lipinski definition) is 4. The lowest BCUT2D eigenvalue weighted by atomic mass is 9.61. The van der Waals surface area contributed by atoms with E-state index >= 15 is 0 Å². The summed E-state index contributed by atoms with van der Waals surface area (Å²) in [5.41, 5.74) is 2.53. The lowest BCUT2D eigenvalue weighted by molar-refractivity contribution is 0.180. The molecule has 168 valence electrons. The SMILES string of the molecule is CCCC1(C)CC2(c3c1ccc(O)c3O)c1c(ccc(O)c1O)C(C)(CCC)C2CC. The van der Waals surface area contributed by atoms with Gasteiger partial charge < -0.3 is 20.4 Å². The highest BCUT2D eigenvalue weighted by Gasteiger charge is 2.65. The maximum atomic E-state index is 11.2. The molecule has 4 rings (SSSR count). The lowest BCUT2D eigenvalue weighted by Gasteiger charge is -2.42. The summed E-state index contributed by atoms with van der Waals surface area (Å²) in [5, 5.41) is 43.6. The maximum Gasteiger partial charge on any atom is 0.161 e. The molecule has 0 aromatic heterocycles. The maximum absolute atomic E-state index is 11.2. The van der Waals surface area contributed by atoms with Crippen LogP contribution in [0.2, 0.25) is 0 Å². The number of rotatable bonds is 5. The minimum atomic E-state index is -0.668. The van der Waals surface area contributed by atoms with Crippen molar-refractivity contribution in [2.75, 3.05) is 0 Å². The minimum Gasteiger partial charge on any atom is -0.504 e. The molecule has 2 aromatic rings. The van der Waals surface area contributed by atoms with Crippen LogP contribution >= 0.6 is 0 Å². The number of fused-ring (bicyclic) bond motifs is 4. The molecule has 2 aliphatic carbocycles. The number of phenolic OH excluding ortho intramolecular Hbond substituents is 4. The first kappa shape index (κ1) is 21.9. The standard InChI is InChI=1S/C27H36O4/c1-6-13-25(4)15-27(21-16(25)9-11-18(28)23(21)30)20(8-3)26(5,14-7-2)17-10-12-19(29)24(31)22(17)27/h9-12,20,28-31H,6-8,13-15H2,1-5H3. The molecule has 0 aliphatic heterocycles. The highest BCUT2D eigenvalue weighted by molar-refractivity contribution is 5.71. The van der Waals surface area contributed by atoms with Crippen molar-refractivity contribution in [3.63, 3.8) is 0 Å². The van der Waals surface area contributed by atoms with Gasteiger partial charge in [0.05, 0.1) is 0 Å². The van der Waals surface area contributed by atoms with Crippen LogP contribution in [-0.2, 0) is 16.2 Å². The average molecular weight is 425 g/mol. The number of hydrogen-bond acceptors (Lipinski definition) is 4. The molecule has 0 bridgehead atoms. The van der Waals surface area contributed by atoms with E-state index in [2.05, 4.69) is 34.6 Å². The van der Waals surface area contributed by atoms with Gasteiger partial charge in [0.2, 0.25) is 0 Å². The third-order valence-corrected chi connectivity index (χ3v) is 8.48. The lowest BCUT2D eigenvalue weighted by Crippen LogP contribution is -2.40. The summed E-state index contributed by atoms with van der Waals surface area (Å²) in [6.07, 6.45) is 5.49. The van der Waals surface area contributed by atoms with Gasteiger partial charge in [0.25, 0.3) is 0 Å². The zero-order valence-corrected chi connectivity index (χ0v) is 19.4. The van der Waals surface area contributed by atoms with E-state index < -0.39 is 5.41 Å². The summed E-state index contributed by atoms with van der Waals surface area (Å²) in [6.45, 7) is 11.0. The van der Waals surface area contributed by atoms with Crippen LogP contribution in [0.3, 0.4) is 0 Å². The van der Waals surface area contributed by atoms with Crippen LogP contribution in [0.25, 0.3) is 0 Å².